The molecular formula is C20H18ClNO5S. The first-order valence-corrected chi connectivity index (χ1v) is 10.3. The zero-order valence-electron chi connectivity index (χ0n) is 15.0. The van der Waals surface area contributed by atoms with Crippen LogP contribution >= 0.6 is 11.6 Å². The Morgan fingerprint density at radius 2 is 1.79 bits per heavy atom. The highest BCUT2D eigenvalue weighted by Crippen LogP contribution is 2.30. The largest absolute Gasteiger partial charge is 0.497 e. The third kappa shape index (κ3) is 4.37. The van der Waals surface area contributed by atoms with Gasteiger partial charge in [0, 0.05) is 17.1 Å². The molecule has 0 aliphatic rings. The van der Waals surface area contributed by atoms with Crippen LogP contribution in [-0.2, 0) is 9.84 Å². The van der Waals surface area contributed by atoms with Gasteiger partial charge in [-0.3, -0.25) is 4.79 Å². The lowest BCUT2D eigenvalue weighted by molar-refractivity contribution is 0.0953. The molecule has 0 fully saturated rings. The fourth-order valence-electron chi connectivity index (χ4n) is 2.66. The number of sulfone groups is 1. The van der Waals surface area contributed by atoms with E-state index in [2.05, 4.69) is 5.32 Å². The molecule has 0 radical (unpaired) electrons. The third-order valence-electron chi connectivity index (χ3n) is 4.18. The van der Waals surface area contributed by atoms with Gasteiger partial charge in [-0.05, 0) is 60.7 Å². The van der Waals surface area contributed by atoms with Gasteiger partial charge in [0.2, 0.25) is 0 Å². The van der Waals surface area contributed by atoms with Crippen LogP contribution in [0.15, 0.2) is 76.2 Å². The molecule has 0 aliphatic carbocycles. The third-order valence-corrected chi connectivity index (χ3v) is 6.51. The zero-order chi connectivity index (χ0) is 20.1. The van der Waals surface area contributed by atoms with Crippen molar-refractivity contribution in [3.05, 3.63) is 83.3 Å². The number of carbonyl (C=O) groups is 1. The molecule has 6 nitrogen and oxygen atoms in total. The average Bonchev–Trinajstić information content (AvgIpc) is 3.22. The number of halogens is 1. The highest BCUT2D eigenvalue weighted by molar-refractivity contribution is 7.91. The van der Waals surface area contributed by atoms with Crippen LogP contribution in [0, 0.1) is 0 Å². The minimum atomic E-state index is -3.82. The van der Waals surface area contributed by atoms with Gasteiger partial charge in [-0.15, -0.1) is 0 Å². The Bertz CT molecular complexity index is 1030. The molecule has 8 heteroatoms. The summed E-state index contributed by atoms with van der Waals surface area (Å²) in [5, 5.41) is 2.09. The van der Waals surface area contributed by atoms with Crippen LogP contribution in [-0.4, -0.2) is 28.0 Å². The van der Waals surface area contributed by atoms with Crippen LogP contribution in [0.1, 0.15) is 21.4 Å². The minimum absolute atomic E-state index is 0.107. The maximum atomic E-state index is 13.2. The molecule has 146 valence electrons. The second-order valence-electron chi connectivity index (χ2n) is 5.94. The second-order valence-corrected chi connectivity index (χ2v) is 8.51. The van der Waals surface area contributed by atoms with Gasteiger partial charge >= 0.3 is 0 Å². The Kier molecular flexibility index (Phi) is 6.06. The number of benzene rings is 2. The minimum Gasteiger partial charge on any atom is -0.497 e. The number of amides is 1. The van der Waals surface area contributed by atoms with Crippen molar-refractivity contribution in [2.45, 2.75) is 10.1 Å². The monoisotopic (exact) mass is 419 g/mol. The van der Waals surface area contributed by atoms with E-state index in [1.54, 1.807) is 48.5 Å². The highest BCUT2D eigenvalue weighted by Gasteiger charge is 2.32. The number of ether oxygens (including phenoxy) is 1. The Labute approximate surface area is 168 Å². The average molecular weight is 420 g/mol. The quantitative estimate of drug-likeness (QED) is 0.628. The van der Waals surface area contributed by atoms with Crippen LogP contribution < -0.4 is 10.1 Å². The van der Waals surface area contributed by atoms with Gasteiger partial charge in [-0.25, -0.2) is 8.42 Å². The summed E-state index contributed by atoms with van der Waals surface area (Å²) in [5.74, 6) is 0.384. The van der Waals surface area contributed by atoms with Crippen molar-refractivity contribution in [1.29, 1.82) is 0 Å². The first-order valence-electron chi connectivity index (χ1n) is 8.37. The van der Waals surface area contributed by atoms with Crippen LogP contribution in [0.2, 0.25) is 5.02 Å². The number of carbonyl (C=O) groups excluding carboxylic acids is 1. The number of rotatable bonds is 7. The second kappa shape index (κ2) is 8.50. The lowest BCUT2D eigenvalue weighted by atomic mass is 10.2. The zero-order valence-corrected chi connectivity index (χ0v) is 16.5. The van der Waals surface area contributed by atoms with Crippen molar-refractivity contribution in [2.24, 2.45) is 0 Å². The lowest BCUT2D eigenvalue weighted by Gasteiger charge is -2.17. The maximum absolute atomic E-state index is 13.2. The van der Waals surface area contributed by atoms with Crippen molar-refractivity contribution < 1.29 is 22.4 Å². The van der Waals surface area contributed by atoms with Crippen molar-refractivity contribution in [3.8, 4) is 5.75 Å². The molecule has 0 saturated heterocycles. The Hall–Kier alpha value is -2.77. The first kappa shape index (κ1) is 20.0. The summed E-state index contributed by atoms with van der Waals surface area (Å²) in [5.41, 5.74) is 0.379. The smallest absolute Gasteiger partial charge is 0.251 e. The molecule has 2 aromatic carbocycles. The molecule has 1 aromatic heterocycles. The molecule has 1 amide bonds. The van der Waals surface area contributed by atoms with Gasteiger partial charge in [-0.2, -0.15) is 0 Å². The topological polar surface area (TPSA) is 85.6 Å². The number of nitrogens with one attached hydrogen (secondary N) is 1. The number of methoxy groups -OCH3 is 1. The van der Waals surface area contributed by atoms with Gasteiger partial charge in [-0.1, -0.05) is 11.6 Å². The van der Waals surface area contributed by atoms with E-state index in [1.165, 1.54) is 25.5 Å². The van der Waals surface area contributed by atoms with E-state index in [0.717, 1.165) is 0 Å². The van der Waals surface area contributed by atoms with Gasteiger partial charge in [0.1, 0.15) is 16.8 Å². The van der Waals surface area contributed by atoms with E-state index in [-0.39, 0.29) is 17.2 Å². The molecule has 1 N–H and O–H groups in total. The van der Waals surface area contributed by atoms with Crippen LogP contribution in [0.4, 0.5) is 0 Å². The van der Waals surface area contributed by atoms with Crippen LogP contribution in [0.25, 0.3) is 0 Å². The Morgan fingerprint density at radius 1 is 1.11 bits per heavy atom. The van der Waals surface area contributed by atoms with Crippen molar-refractivity contribution in [3.63, 3.8) is 0 Å². The molecule has 3 rings (SSSR count). The molecule has 1 unspecified atom stereocenters. The van der Waals surface area contributed by atoms with Gasteiger partial charge in [0.25, 0.3) is 5.91 Å². The molecule has 0 aliphatic heterocycles. The SMILES string of the molecule is COc1ccc(S(=O)(=O)C(CNC(=O)c2ccc(Cl)cc2)c2ccco2)cc1. The van der Waals surface area contributed by atoms with E-state index < -0.39 is 21.0 Å². The van der Waals surface area contributed by atoms with Crippen LogP contribution in [0.5, 0.6) is 5.75 Å². The lowest BCUT2D eigenvalue weighted by Crippen LogP contribution is -2.31. The van der Waals surface area contributed by atoms with Crippen molar-refractivity contribution in [1.82, 2.24) is 5.32 Å². The summed E-state index contributed by atoms with van der Waals surface area (Å²) in [6.45, 7) is -0.149. The van der Waals surface area contributed by atoms with Gasteiger partial charge < -0.3 is 14.5 Å². The normalized spacial score (nSPS) is 12.4. The van der Waals surface area contributed by atoms with Gasteiger partial charge in [0.15, 0.2) is 9.84 Å². The van der Waals surface area contributed by atoms with Crippen LogP contribution in [0.3, 0.4) is 0 Å². The van der Waals surface area contributed by atoms with Crippen molar-refractivity contribution in [2.75, 3.05) is 13.7 Å². The van der Waals surface area contributed by atoms with Gasteiger partial charge in [0.05, 0.1) is 18.3 Å². The molecule has 0 saturated carbocycles. The van der Waals surface area contributed by atoms with E-state index >= 15 is 0 Å². The predicted molar refractivity (Wildman–Crippen MR) is 105 cm³/mol. The summed E-state index contributed by atoms with van der Waals surface area (Å²) in [6.07, 6.45) is 1.40. The first-order chi connectivity index (χ1) is 13.4. The van der Waals surface area contributed by atoms with E-state index in [0.29, 0.717) is 16.3 Å². The Balaban J connectivity index is 1.85. The molecule has 0 spiro atoms. The van der Waals surface area contributed by atoms with E-state index in [9.17, 15) is 13.2 Å². The molecule has 28 heavy (non-hydrogen) atoms. The summed E-state index contributed by atoms with van der Waals surface area (Å²) >= 11 is 5.83. The molecular weight excluding hydrogens is 402 g/mol. The fourth-order valence-corrected chi connectivity index (χ4v) is 4.37. The standard InChI is InChI=1S/C20H18ClNO5S/c1-26-16-8-10-17(11-9-16)28(24,25)19(18-3-2-12-27-18)13-22-20(23)14-4-6-15(21)7-5-14/h2-12,19H,13H2,1H3,(H,22,23). The number of hydrogen-bond donors (Lipinski definition) is 1. The van der Waals surface area contributed by atoms with E-state index in [1.807, 2.05) is 0 Å². The van der Waals surface area contributed by atoms with Crippen molar-refractivity contribution >= 4 is 27.3 Å². The number of furan rings is 1. The maximum Gasteiger partial charge on any atom is 0.251 e. The summed E-state index contributed by atoms with van der Waals surface area (Å²) in [4.78, 5) is 12.5. The molecule has 1 atom stereocenters. The molecule has 0 bridgehead atoms. The summed E-state index contributed by atoms with van der Waals surface area (Å²) in [6, 6.07) is 15.6. The van der Waals surface area contributed by atoms with E-state index in [4.69, 9.17) is 20.8 Å². The molecule has 1 heterocycles. The summed E-state index contributed by atoms with van der Waals surface area (Å²) in [7, 11) is -2.32. The predicted octanol–water partition coefficient (Wildman–Crippen LogP) is 3.89. The molecule has 3 aromatic rings. The Morgan fingerprint density at radius 3 is 2.36 bits per heavy atom. The fraction of sp³-hybridized carbons (Fsp3) is 0.150. The number of hydrogen-bond acceptors (Lipinski definition) is 5. The summed E-state index contributed by atoms with van der Waals surface area (Å²) < 4.78 is 36.7. The highest BCUT2D eigenvalue weighted by atomic mass is 35.5.